The van der Waals surface area contributed by atoms with Crippen molar-refractivity contribution >= 4 is 22.7 Å². The van der Waals surface area contributed by atoms with Crippen LogP contribution >= 0.6 is 0 Å². The first-order valence-corrected chi connectivity index (χ1v) is 10.6. The van der Waals surface area contributed by atoms with E-state index in [-0.39, 0.29) is 0 Å². The fourth-order valence-corrected chi connectivity index (χ4v) is 5.87. The van der Waals surface area contributed by atoms with Gasteiger partial charge in [-0.15, -0.1) is 0 Å². The molecule has 0 amide bonds. The van der Waals surface area contributed by atoms with E-state index in [9.17, 15) is 0 Å². The van der Waals surface area contributed by atoms with Crippen LogP contribution in [0.3, 0.4) is 0 Å². The van der Waals surface area contributed by atoms with Crippen molar-refractivity contribution in [2.45, 2.75) is 58.0 Å². The molecule has 2 bridgehead atoms. The zero-order valence-corrected chi connectivity index (χ0v) is 17.0. The number of allylic oxidation sites excluding steroid dienone is 1. The van der Waals surface area contributed by atoms with Gasteiger partial charge in [0.2, 0.25) is 0 Å². The van der Waals surface area contributed by atoms with Crippen LogP contribution in [0.15, 0.2) is 30.5 Å². The summed E-state index contributed by atoms with van der Waals surface area (Å²) in [6.07, 6.45) is 10.6. The van der Waals surface area contributed by atoms with Crippen LogP contribution in [0.4, 0.5) is 0 Å². The molecule has 1 aromatic carbocycles. The lowest BCUT2D eigenvalue weighted by Crippen LogP contribution is -2.34. The van der Waals surface area contributed by atoms with Gasteiger partial charge in [0.25, 0.3) is 0 Å². The van der Waals surface area contributed by atoms with E-state index in [0.29, 0.717) is 12.1 Å². The standard InChI is InChI=1S/C25H27N3/c1-15-4-8-22-20(10-15)25-23-9-7-19(27(23)3)12-24(25)28(22)14-18-6-5-17-11-16(2)26-13-21(17)18/h4,8,10-11,13-14,19,23H,5-7,9,12H2,1-3H3. The lowest BCUT2D eigenvalue weighted by Gasteiger charge is -2.32. The van der Waals surface area contributed by atoms with Gasteiger partial charge in [-0.25, -0.2) is 0 Å². The maximum absolute atomic E-state index is 4.58. The van der Waals surface area contributed by atoms with Crippen LogP contribution in [0, 0.1) is 13.8 Å². The molecular formula is C25H27N3. The molecular weight excluding hydrogens is 342 g/mol. The number of nitrogens with zero attached hydrogens (tertiary/aromatic N) is 3. The minimum Gasteiger partial charge on any atom is -0.320 e. The van der Waals surface area contributed by atoms with E-state index in [1.165, 1.54) is 52.4 Å². The number of fused-ring (bicyclic) bond motifs is 7. The van der Waals surface area contributed by atoms with Gasteiger partial charge in [-0.1, -0.05) is 11.6 Å². The highest BCUT2D eigenvalue weighted by molar-refractivity contribution is 5.92. The summed E-state index contributed by atoms with van der Waals surface area (Å²) in [5, 5.41) is 1.46. The summed E-state index contributed by atoms with van der Waals surface area (Å²) < 4.78 is 2.53. The second kappa shape index (κ2) is 5.81. The minimum absolute atomic E-state index is 0.581. The second-order valence-corrected chi connectivity index (χ2v) is 9.00. The Balaban J connectivity index is 1.59. The predicted octanol–water partition coefficient (Wildman–Crippen LogP) is 5.29. The Hall–Kier alpha value is -2.39. The molecule has 2 aromatic heterocycles. The molecule has 0 radical (unpaired) electrons. The number of hydrogen-bond acceptors (Lipinski definition) is 2. The van der Waals surface area contributed by atoms with E-state index in [4.69, 9.17) is 0 Å². The predicted molar refractivity (Wildman–Crippen MR) is 115 cm³/mol. The molecule has 3 heteroatoms. The summed E-state index contributed by atoms with van der Waals surface area (Å²) in [5.74, 6) is 0. The molecule has 2 unspecified atom stereocenters. The van der Waals surface area contributed by atoms with Gasteiger partial charge >= 0.3 is 0 Å². The van der Waals surface area contributed by atoms with Crippen LogP contribution < -0.4 is 0 Å². The average Bonchev–Trinajstić information content (AvgIpc) is 3.27. The third kappa shape index (κ3) is 2.23. The third-order valence-corrected chi connectivity index (χ3v) is 7.33. The van der Waals surface area contributed by atoms with E-state index in [1.807, 2.05) is 0 Å². The fourth-order valence-electron chi connectivity index (χ4n) is 5.87. The molecule has 0 saturated carbocycles. The van der Waals surface area contributed by atoms with Crippen molar-refractivity contribution < 1.29 is 0 Å². The van der Waals surface area contributed by atoms with Crippen molar-refractivity contribution in [3.8, 4) is 0 Å². The molecule has 0 spiro atoms. The summed E-state index contributed by atoms with van der Waals surface area (Å²) in [5.41, 5.74) is 11.2. The first-order chi connectivity index (χ1) is 13.6. The molecule has 2 aliphatic heterocycles. The molecule has 1 aliphatic carbocycles. The highest BCUT2D eigenvalue weighted by atomic mass is 15.2. The van der Waals surface area contributed by atoms with Crippen molar-refractivity contribution in [2.75, 3.05) is 7.05 Å². The van der Waals surface area contributed by atoms with Crippen molar-refractivity contribution in [3.63, 3.8) is 0 Å². The van der Waals surface area contributed by atoms with Crippen molar-refractivity contribution in [3.05, 3.63) is 64.1 Å². The second-order valence-electron chi connectivity index (χ2n) is 9.00. The molecule has 4 heterocycles. The van der Waals surface area contributed by atoms with Crippen LogP contribution in [0.25, 0.3) is 22.7 Å². The molecule has 3 aliphatic rings. The van der Waals surface area contributed by atoms with Crippen LogP contribution in [-0.2, 0) is 12.8 Å². The highest BCUT2D eigenvalue weighted by Gasteiger charge is 2.40. The van der Waals surface area contributed by atoms with Gasteiger partial charge in [0.1, 0.15) is 0 Å². The summed E-state index contributed by atoms with van der Waals surface area (Å²) in [6.45, 7) is 4.30. The van der Waals surface area contributed by atoms with E-state index in [0.717, 1.165) is 18.5 Å². The van der Waals surface area contributed by atoms with Gasteiger partial charge in [-0.05, 0) is 81.5 Å². The van der Waals surface area contributed by atoms with E-state index >= 15 is 0 Å². The van der Waals surface area contributed by atoms with Gasteiger partial charge in [-0.2, -0.15) is 0 Å². The molecule has 28 heavy (non-hydrogen) atoms. The smallest absolute Gasteiger partial charge is 0.0529 e. The van der Waals surface area contributed by atoms with Crippen molar-refractivity contribution in [1.82, 2.24) is 14.5 Å². The Labute approximate surface area is 166 Å². The van der Waals surface area contributed by atoms with E-state index in [2.05, 4.69) is 72.0 Å². The average molecular weight is 370 g/mol. The Morgan fingerprint density at radius 3 is 2.89 bits per heavy atom. The number of hydrogen-bond donors (Lipinski definition) is 0. The Bertz CT molecular complexity index is 1150. The lowest BCUT2D eigenvalue weighted by atomic mass is 9.97. The van der Waals surface area contributed by atoms with Gasteiger partial charge < -0.3 is 4.57 Å². The lowest BCUT2D eigenvalue weighted by molar-refractivity contribution is 0.223. The normalized spacial score (nSPS) is 24.9. The van der Waals surface area contributed by atoms with Gasteiger partial charge in [-0.3, -0.25) is 9.88 Å². The molecule has 142 valence electrons. The van der Waals surface area contributed by atoms with Crippen LogP contribution in [0.2, 0.25) is 0 Å². The summed E-state index contributed by atoms with van der Waals surface area (Å²) >= 11 is 0. The number of rotatable bonds is 1. The Kier molecular flexibility index (Phi) is 3.43. The number of benzene rings is 1. The number of likely N-dealkylation sites (N-methyl/N-ethyl adjacent to an activating group) is 1. The maximum atomic E-state index is 4.58. The quantitative estimate of drug-likeness (QED) is 0.581. The van der Waals surface area contributed by atoms with Crippen molar-refractivity contribution in [1.29, 1.82) is 0 Å². The van der Waals surface area contributed by atoms with Crippen LogP contribution in [-0.4, -0.2) is 27.5 Å². The Morgan fingerprint density at radius 2 is 2.00 bits per heavy atom. The summed E-state index contributed by atoms with van der Waals surface area (Å²) in [7, 11) is 2.32. The number of pyridine rings is 1. The Morgan fingerprint density at radius 1 is 1.11 bits per heavy atom. The minimum atomic E-state index is 0.581. The molecule has 3 aromatic rings. The monoisotopic (exact) mass is 369 g/mol. The first-order valence-electron chi connectivity index (χ1n) is 10.6. The van der Waals surface area contributed by atoms with Crippen LogP contribution in [0.1, 0.15) is 58.9 Å². The highest BCUT2D eigenvalue weighted by Crippen LogP contribution is 2.47. The first kappa shape index (κ1) is 16.6. The third-order valence-electron chi connectivity index (χ3n) is 7.33. The molecule has 3 nitrogen and oxygen atoms in total. The molecule has 1 saturated heterocycles. The number of aromatic nitrogens is 2. The number of aryl methyl sites for hydroxylation is 3. The fraction of sp³-hybridized carbons (Fsp3) is 0.400. The molecule has 1 fully saturated rings. The molecule has 2 atom stereocenters. The zero-order valence-electron chi connectivity index (χ0n) is 17.0. The van der Waals surface area contributed by atoms with Gasteiger partial charge in [0, 0.05) is 53.2 Å². The summed E-state index contributed by atoms with van der Waals surface area (Å²) in [6, 6.07) is 10.5. The SMILES string of the molecule is Cc1ccc2c(c1)c1c(n2C=C2CCc3cc(C)ncc32)CC2CCC1N2C. The maximum Gasteiger partial charge on any atom is 0.0529 e. The van der Waals surface area contributed by atoms with E-state index in [1.54, 1.807) is 11.3 Å². The van der Waals surface area contributed by atoms with Gasteiger partial charge in [0.05, 0.1) is 5.52 Å². The zero-order chi connectivity index (χ0) is 19.0. The van der Waals surface area contributed by atoms with E-state index < -0.39 is 0 Å². The van der Waals surface area contributed by atoms with Crippen LogP contribution in [0.5, 0.6) is 0 Å². The molecule has 0 N–H and O–H groups in total. The van der Waals surface area contributed by atoms with Crippen molar-refractivity contribution in [2.24, 2.45) is 0 Å². The van der Waals surface area contributed by atoms with Gasteiger partial charge in [0.15, 0.2) is 0 Å². The topological polar surface area (TPSA) is 21.1 Å². The largest absolute Gasteiger partial charge is 0.320 e. The molecule has 6 rings (SSSR count). The summed E-state index contributed by atoms with van der Waals surface area (Å²) in [4.78, 5) is 7.20.